The summed E-state index contributed by atoms with van der Waals surface area (Å²) >= 11 is 3.26. The molecule has 21 heavy (non-hydrogen) atoms. The first-order valence-corrected chi connectivity index (χ1v) is 7.30. The molecule has 3 N–H and O–H groups in total. The predicted octanol–water partition coefficient (Wildman–Crippen LogP) is 2.98. The first-order valence-electron chi connectivity index (χ1n) is 6.51. The lowest BCUT2D eigenvalue weighted by Crippen LogP contribution is -2.29. The van der Waals surface area contributed by atoms with E-state index in [4.69, 9.17) is 5.84 Å². The zero-order chi connectivity index (χ0) is 14.8. The molecule has 108 valence electrons. The van der Waals surface area contributed by atoms with Gasteiger partial charge in [0.25, 0.3) is 0 Å². The van der Waals surface area contributed by atoms with Crippen molar-refractivity contribution in [2.24, 2.45) is 5.84 Å². The van der Waals surface area contributed by atoms with Crippen LogP contribution >= 0.6 is 15.9 Å². The van der Waals surface area contributed by atoms with Crippen LogP contribution in [0.15, 0.2) is 53.3 Å². The fourth-order valence-corrected chi connectivity index (χ4v) is 2.72. The summed E-state index contributed by atoms with van der Waals surface area (Å²) in [6.45, 7) is 0. The number of nitrogens with two attached hydrogens (primary N) is 1. The standard InChI is InChI=1S/C15H14BrFN4/c16-11-5-4-10(13(17)8-11)7-14(20-18)12-9-19-21-6-2-1-3-15(12)21/h1-6,8-9,14,20H,7,18H2. The minimum Gasteiger partial charge on any atom is -0.271 e. The number of aromatic nitrogens is 2. The third kappa shape index (κ3) is 2.83. The molecule has 0 fully saturated rings. The Hall–Kier alpha value is -1.76. The van der Waals surface area contributed by atoms with E-state index in [0.29, 0.717) is 12.0 Å². The number of fused-ring (bicyclic) bond motifs is 1. The quantitative estimate of drug-likeness (QED) is 0.562. The van der Waals surface area contributed by atoms with Gasteiger partial charge in [-0.2, -0.15) is 5.10 Å². The molecule has 2 heterocycles. The largest absolute Gasteiger partial charge is 0.271 e. The van der Waals surface area contributed by atoms with Gasteiger partial charge in [0, 0.05) is 16.2 Å². The molecule has 1 atom stereocenters. The molecule has 6 heteroatoms. The summed E-state index contributed by atoms with van der Waals surface area (Å²) in [7, 11) is 0. The van der Waals surface area contributed by atoms with E-state index in [1.165, 1.54) is 6.07 Å². The van der Waals surface area contributed by atoms with Crippen molar-refractivity contribution in [1.29, 1.82) is 0 Å². The minimum absolute atomic E-state index is 0.208. The van der Waals surface area contributed by atoms with Gasteiger partial charge in [-0.1, -0.05) is 28.1 Å². The summed E-state index contributed by atoms with van der Waals surface area (Å²) in [5.74, 6) is 5.42. The van der Waals surface area contributed by atoms with Crippen molar-refractivity contribution in [2.75, 3.05) is 0 Å². The second-order valence-corrected chi connectivity index (χ2v) is 5.71. The zero-order valence-electron chi connectivity index (χ0n) is 11.1. The van der Waals surface area contributed by atoms with Crippen LogP contribution in [0, 0.1) is 5.82 Å². The molecule has 0 saturated heterocycles. The van der Waals surface area contributed by atoms with Crippen LogP contribution in [0.5, 0.6) is 0 Å². The third-order valence-corrected chi connectivity index (χ3v) is 3.97. The lowest BCUT2D eigenvalue weighted by Gasteiger charge is -2.15. The van der Waals surface area contributed by atoms with Crippen molar-refractivity contribution >= 4 is 21.4 Å². The number of hydrogen-bond donors (Lipinski definition) is 2. The van der Waals surface area contributed by atoms with Gasteiger partial charge in [-0.15, -0.1) is 0 Å². The van der Waals surface area contributed by atoms with Gasteiger partial charge in [-0.05, 0) is 36.2 Å². The van der Waals surface area contributed by atoms with E-state index in [9.17, 15) is 4.39 Å². The third-order valence-electron chi connectivity index (χ3n) is 3.47. The number of hydrazine groups is 1. The fraction of sp³-hybridized carbons (Fsp3) is 0.133. The Morgan fingerprint density at radius 2 is 2.19 bits per heavy atom. The molecule has 0 spiro atoms. The maximum atomic E-state index is 14.0. The van der Waals surface area contributed by atoms with Gasteiger partial charge in [-0.25, -0.2) is 8.91 Å². The molecule has 0 saturated carbocycles. The van der Waals surface area contributed by atoms with Crippen molar-refractivity contribution < 1.29 is 4.39 Å². The molecule has 0 aliphatic rings. The molecule has 0 radical (unpaired) electrons. The number of nitrogens with one attached hydrogen (secondary N) is 1. The van der Waals surface area contributed by atoms with Gasteiger partial charge in [0.2, 0.25) is 0 Å². The van der Waals surface area contributed by atoms with Crippen LogP contribution in [0.1, 0.15) is 17.2 Å². The van der Waals surface area contributed by atoms with Crippen molar-refractivity contribution in [1.82, 2.24) is 15.0 Å². The second-order valence-electron chi connectivity index (χ2n) is 4.79. The van der Waals surface area contributed by atoms with Crippen LogP contribution in [-0.4, -0.2) is 9.61 Å². The molecule has 4 nitrogen and oxygen atoms in total. The molecule has 0 bridgehead atoms. The highest BCUT2D eigenvalue weighted by Crippen LogP contribution is 2.24. The average molecular weight is 349 g/mol. The summed E-state index contributed by atoms with van der Waals surface area (Å²) in [6, 6.07) is 10.6. The molecule has 0 aliphatic heterocycles. The van der Waals surface area contributed by atoms with E-state index >= 15 is 0 Å². The SMILES string of the molecule is NNC(Cc1ccc(Br)cc1F)c1cnn2ccccc12. The van der Waals surface area contributed by atoms with Crippen LogP contribution in [0.3, 0.4) is 0 Å². The lowest BCUT2D eigenvalue weighted by atomic mass is 10.00. The molecule has 1 unspecified atom stereocenters. The average Bonchev–Trinajstić information content (AvgIpc) is 2.91. The number of rotatable bonds is 4. The number of hydrogen-bond acceptors (Lipinski definition) is 3. The first kappa shape index (κ1) is 14.2. The highest BCUT2D eigenvalue weighted by Gasteiger charge is 2.17. The van der Waals surface area contributed by atoms with Crippen LogP contribution in [0.25, 0.3) is 5.52 Å². The summed E-state index contributed by atoms with van der Waals surface area (Å²) in [5.41, 5.74) is 5.26. The minimum atomic E-state index is -0.249. The van der Waals surface area contributed by atoms with Crippen LogP contribution in [0.2, 0.25) is 0 Å². The van der Waals surface area contributed by atoms with Gasteiger partial charge in [-0.3, -0.25) is 11.3 Å². The molecule has 1 aromatic carbocycles. The molecule has 3 aromatic rings. The Labute approximate surface area is 129 Å². The highest BCUT2D eigenvalue weighted by atomic mass is 79.9. The Kier molecular flexibility index (Phi) is 4.01. The Bertz CT molecular complexity index is 771. The van der Waals surface area contributed by atoms with Crippen molar-refractivity contribution in [3.63, 3.8) is 0 Å². The summed E-state index contributed by atoms with van der Waals surface area (Å²) in [4.78, 5) is 0. The summed E-state index contributed by atoms with van der Waals surface area (Å²) in [5, 5.41) is 4.29. The summed E-state index contributed by atoms with van der Waals surface area (Å²) in [6.07, 6.45) is 4.08. The van der Waals surface area contributed by atoms with Gasteiger partial charge >= 0.3 is 0 Å². The van der Waals surface area contributed by atoms with Crippen LogP contribution < -0.4 is 11.3 Å². The molecule has 3 rings (SSSR count). The molecule has 2 aromatic heterocycles. The van der Waals surface area contributed by atoms with E-state index in [-0.39, 0.29) is 11.9 Å². The van der Waals surface area contributed by atoms with Gasteiger partial charge in [0.1, 0.15) is 5.82 Å². The van der Waals surface area contributed by atoms with Crippen molar-refractivity contribution in [2.45, 2.75) is 12.5 Å². The molecular weight excluding hydrogens is 335 g/mol. The molecule has 0 aliphatic carbocycles. The normalized spacial score (nSPS) is 12.7. The highest BCUT2D eigenvalue weighted by molar-refractivity contribution is 9.10. The monoisotopic (exact) mass is 348 g/mol. The van der Waals surface area contributed by atoms with Crippen LogP contribution in [-0.2, 0) is 6.42 Å². The number of halogens is 2. The number of nitrogens with zero attached hydrogens (tertiary/aromatic N) is 2. The lowest BCUT2D eigenvalue weighted by molar-refractivity contribution is 0.531. The van der Waals surface area contributed by atoms with Gasteiger partial charge < -0.3 is 0 Å². The topological polar surface area (TPSA) is 55.3 Å². The van der Waals surface area contributed by atoms with Crippen LogP contribution in [0.4, 0.5) is 4.39 Å². The van der Waals surface area contributed by atoms with E-state index in [1.807, 2.05) is 30.5 Å². The predicted molar refractivity (Wildman–Crippen MR) is 83.1 cm³/mol. The summed E-state index contributed by atoms with van der Waals surface area (Å²) < 4.78 is 16.5. The van der Waals surface area contributed by atoms with E-state index < -0.39 is 0 Å². The van der Waals surface area contributed by atoms with Gasteiger partial charge in [0.15, 0.2) is 0 Å². The number of benzene rings is 1. The van der Waals surface area contributed by atoms with Crippen molar-refractivity contribution in [3.05, 3.63) is 70.2 Å². The Morgan fingerprint density at radius 1 is 1.33 bits per heavy atom. The maximum Gasteiger partial charge on any atom is 0.127 e. The van der Waals surface area contributed by atoms with Crippen molar-refractivity contribution in [3.8, 4) is 0 Å². The van der Waals surface area contributed by atoms with Gasteiger partial charge in [0.05, 0.1) is 17.8 Å². The van der Waals surface area contributed by atoms with E-state index in [1.54, 1.807) is 16.8 Å². The zero-order valence-corrected chi connectivity index (χ0v) is 12.7. The molecule has 0 amide bonds. The molecular formula is C15H14BrFN4. The number of pyridine rings is 1. The second kappa shape index (κ2) is 5.93. The van der Waals surface area contributed by atoms with E-state index in [2.05, 4.69) is 26.5 Å². The Morgan fingerprint density at radius 3 is 2.95 bits per heavy atom. The maximum absolute atomic E-state index is 14.0. The van der Waals surface area contributed by atoms with E-state index in [0.717, 1.165) is 15.6 Å². The smallest absolute Gasteiger partial charge is 0.127 e. The Balaban J connectivity index is 1.95. The first-order chi connectivity index (χ1) is 10.2. The fourth-order valence-electron chi connectivity index (χ4n) is 2.39.